The molecule has 2 rings (SSSR count). The second-order valence-corrected chi connectivity index (χ2v) is 9.00. The van der Waals surface area contributed by atoms with E-state index >= 15 is 0 Å². The van der Waals surface area contributed by atoms with E-state index in [1.807, 2.05) is 13.8 Å². The number of carbonyl (C=O) groups excluding carboxylic acids is 1. The topological polar surface area (TPSA) is 72.9 Å². The summed E-state index contributed by atoms with van der Waals surface area (Å²) in [4.78, 5) is 14.5. The molecule has 6 nitrogen and oxygen atoms in total. The van der Waals surface area contributed by atoms with Gasteiger partial charge >= 0.3 is 16.3 Å². The standard InChI is InChI=1S/C21H24F3NO5S/c1-14(2)12-25(20(26)16-6-8-17(9-7-16)21(22,23)24)13-15-5-10-18(29-3)19(11-15)30-31(4,27)28/h5-11,14H,12-13H2,1-4H3. The minimum Gasteiger partial charge on any atom is -0.493 e. The molecule has 0 radical (unpaired) electrons. The number of methoxy groups -OCH3 is 1. The van der Waals surface area contributed by atoms with Crippen molar-refractivity contribution in [1.82, 2.24) is 4.90 Å². The number of hydrogen-bond donors (Lipinski definition) is 0. The predicted octanol–water partition coefficient (Wildman–Crippen LogP) is 4.35. The Hall–Kier alpha value is -2.75. The molecule has 10 heteroatoms. The van der Waals surface area contributed by atoms with Gasteiger partial charge in [0, 0.05) is 18.7 Å². The van der Waals surface area contributed by atoms with Gasteiger partial charge in [0.15, 0.2) is 11.5 Å². The van der Waals surface area contributed by atoms with Crippen LogP contribution in [0.1, 0.15) is 35.3 Å². The molecule has 0 heterocycles. The Morgan fingerprint density at radius 3 is 2.16 bits per heavy atom. The number of ether oxygens (including phenoxy) is 1. The van der Waals surface area contributed by atoms with E-state index in [0.717, 1.165) is 30.5 Å². The van der Waals surface area contributed by atoms with Crippen molar-refractivity contribution in [2.75, 3.05) is 19.9 Å². The maximum absolute atomic E-state index is 13.0. The summed E-state index contributed by atoms with van der Waals surface area (Å²) in [5.74, 6) is -0.167. The Morgan fingerprint density at radius 2 is 1.68 bits per heavy atom. The highest BCUT2D eigenvalue weighted by atomic mass is 32.2. The third-order valence-electron chi connectivity index (χ3n) is 4.17. The molecular weight excluding hydrogens is 435 g/mol. The lowest BCUT2D eigenvalue weighted by Gasteiger charge is -2.25. The van der Waals surface area contributed by atoms with Crippen LogP contribution in [-0.2, 0) is 22.8 Å². The van der Waals surface area contributed by atoms with E-state index < -0.39 is 27.8 Å². The summed E-state index contributed by atoms with van der Waals surface area (Å²) in [6.45, 7) is 4.24. The smallest absolute Gasteiger partial charge is 0.416 e. The molecule has 0 atom stereocenters. The van der Waals surface area contributed by atoms with E-state index in [1.165, 1.54) is 24.1 Å². The monoisotopic (exact) mass is 459 g/mol. The Balaban J connectivity index is 2.33. The van der Waals surface area contributed by atoms with E-state index in [4.69, 9.17) is 8.92 Å². The number of benzene rings is 2. The van der Waals surface area contributed by atoms with Crippen LogP contribution >= 0.6 is 0 Å². The molecule has 0 aromatic heterocycles. The van der Waals surface area contributed by atoms with Gasteiger partial charge in [0.25, 0.3) is 5.91 Å². The van der Waals surface area contributed by atoms with Crippen molar-refractivity contribution in [2.24, 2.45) is 5.92 Å². The first-order valence-corrected chi connectivity index (χ1v) is 11.1. The lowest BCUT2D eigenvalue weighted by atomic mass is 10.1. The van der Waals surface area contributed by atoms with Crippen LogP contribution in [0.3, 0.4) is 0 Å². The van der Waals surface area contributed by atoms with Gasteiger partial charge in [0.1, 0.15) is 0 Å². The van der Waals surface area contributed by atoms with Gasteiger partial charge < -0.3 is 13.8 Å². The molecule has 0 aliphatic carbocycles. The van der Waals surface area contributed by atoms with E-state index in [2.05, 4.69) is 0 Å². The summed E-state index contributed by atoms with van der Waals surface area (Å²) < 4.78 is 71.5. The van der Waals surface area contributed by atoms with E-state index in [9.17, 15) is 26.4 Å². The average molecular weight is 459 g/mol. The second-order valence-electron chi connectivity index (χ2n) is 7.43. The first-order chi connectivity index (χ1) is 14.3. The van der Waals surface area contributed by atoms with Crippen molar-refractivity contribution in [3.8, 4) is 11.5 Å². The van der Waals surface area contributed by atoms with Gasteiger partial charge in [-0.25, -0.2) is 0 Å². The van der Waals surface area contributed by atoms with Crippen molar-refractivity contribution in [2.45, 2.75) is 26.6 Å². The lowest BCUT2D eigenvalue weighted by molar-refractivity contribution is -0.137. The van der Waals surface area contributed by atoms with Crippen LogP contribution in [0, 0.1) is 5.92 Å². The zero-order chi connectivity index (χ0) is 23.4. The Labute approximate surface area is 179 Å². The molecule has 0 N–H and O–H groups in total. The SMILES string of the molecule is COc1ccc(CN(CC(C)C)C(=O)c2ccc(C(F)(F)F)cc2)cc1OS(C)(=O)=O. The third kappa shape index (κ3) is 7.16. The summed E-state index contributed by atoms with van der Waals surface area (Å²) >= 11 is 0. The summed E-state index contributed by atoms with van der Waals surface area (Å²) in [6.07, 6.45) is -3.59. The second kappa shape index (κ2) is 9.59. The first-order valence-electron chi connectivity index (χ1n) is 9.33. The number of hydrogen-bond acceptors (Lipinski definition) is 5. The fourth-order valence-corrected chi connectivity index (χ4v) is 3.37. The molecule has 0 saturated heterocycles. The fourth-order valence-electron chi connectivity index (χ4n) is 2.91. The Morgan fingerprint density at radius 1 is 1.06 bits per heavy atom. The van der Waals surface area contributed by atoms with Gasteiger partial charge in [-0.3, -0.25) is 4.79 Å². The molecule has 0 bridgehead atoms. The molecule has 0 fully saturated rings. The molecule has 170 valence electrons. The molecule has 1 amide bonds. The van der Waals surface area contributed by atoms with Gasteiger partial charge in [-0.1, -0.05) is 19.9 Å². The zero-order valence-corrected chi connectivity index (χ0v) is 18.4. The number of nitrogens with zero attached hydrogens (tertiary/aromatic N) is 1. The summed E-state index contributed by atoms with van der Waals surface area (Å²) in [6, 6.07) is 8.65. The third-order valence-corrected chi connectivity index (χ3v) is 4.66. The highest BCUT2D eigenvalue weighted by molar-refractivity contribution is 7.86. The Bertz CT molecular complexity index is 1020. The van der Waals surface area contributed by atoms with Gasteiger partial charge in [-0.2, -0.15) is 21.6 Å². The highest BCUT2D eigenvalue weighted by Crippen LogP contribution is 2.31. The van der Waals surface area contributed by atoms with Crippen molar-refractivity contribution >= 4 is 16.0 Å². The van der Waals surface area contributed by atoms with Crippen molar-refractivity contribution in [1.29, 1.82) is 0 Å². The molecule has 2 aromatic carbocycles. The van der Waals surface area contributed by atoms with Gasteiger partial charge in [0.05, 0.1) is 18.9 Å². The van der Waals surface area contributed by atoms with Crippen molar-refractivity contribution < 1.29 is 35.3 Å². The molecule has 0 aliphatic rings. The van der Waals surface area contributed by atoms with Crippen LogP contribution in [0.4, 0.5) is 13.2 Å². The number of halogens is 3. The summed E-state index contributed by atoms with van der Waals surface area (Å²) in [7, 11) is -2.44. The average Bonchev–Trinajstić information content (AvgIpc) is 2.65. The van der Waals surface area contributed by atoms with Crippen molar-refractivity contribution in [3.05, 3.63) is 59.2 Å². The lowest BCUT2D eigenvalue weighted by Crippen LogP contribution is -2.33. The quantitative estimate of drug-likeness (QED) is 0.549. The van der Waals surface area contributed by atoms with Crippen LogP contribution in [0.5, 0.6) is 11.5 Å². The highest BCUT2D eigenvalue weighted by Gasteiger charge is 2.30. The molecule has 0 spiro atoms. The van der Waals surface area contributed by atoms with Gasteiger partial charge in [0.2, 0.25) is 0 Å². The minimum absolute atomic E-state index is 0.0195. The summed E-state index contributed by atoms with van der Waals surface area (Å²) in [5.41, 5.74) is -0.146. The molecule has 0 saturated carbocycles. The summed E-state index contributed by atoms with van der Waals surface area (Å²) in [5, 5.41) is 0. The van der Waals surface area contributed by atoms with Crippen LogP contribution < -0.4 is 8.92 Å². The fraction of sp³-hybridized carbons (Fsp3) is 0.381. The molecule has 0 aliphatic heterocycles. The van der Waals surface area contributed by atoms with Crippen LogP contribution in [0.15, 0.2) is 42.5 Å². The number of alkyl halides is 3. The van der Waals surface area contributed by atoms with Crippen LogP contribution in [-0.4, -0.2) is 39.1 Å². The van der Waals surface area contributed by atoms with E-state index in [1.54, 1.807) is 6.07 Å². The molecule has 31 heavy (non-hydrogen) atoms. The molecular formula is C21H24F3NO5S. The first kappa shape index (κ1) is 24.5. The van der Waals surface area contributed by atoms with Crippen LogP contribution in [0.2, 0.25) is 0 Å². The van der Waals surface area contributed by atoms with E-state index in [-0.39, 0.29) is 29.5 Å². The minimum atomic E-state index is -4.49. The molecule has 2 aromatic rings. The van der Waals surface area contributed by atoms with Crippen LogP contribution in [0.25, 0.3) is 0 Å². The number of rotatable bonds is 8. The maximum atomic E-state index is 13.0. The number of amides is 1. The largest absolute Gasteiger partial charge is 0.493 e. The predicted molar refractivity (Wildman–Crippen MR) is 109 cm³/mol. The maximum Gasteiger partial charge on any atom is 0.416 e. The van der Waals surface area contributed by atoms with Gasteiger partial charge in [-0.05, 0) is 47.9 Å². The zero-order valence-electron chi connectivity index (χ0n) is 17.6. The van der Waals surface area contributed by atoms with E-state index in [0.29, 0.717) is 12.1 Å². The van der Waals surface area contributed by atoms with Gasteiger partial charge in [-0.15, -0.1) is 0 Å². The molecule has 0 unspecified atom stereocenters. The Kier molecular flexibility index (Phi) is 7.58. The van der Waals surface area contributed by atoms with Crippen molar-refractivity contribution in [3.63, 3.8) is 0 Å². The normalized spacial score (nSPS) is 12.0. The number of carbonyl (C=O) groups is 1.